The Bertz CT molecular complexity index is 1120. The molecule has 0 unspecified atom stereocenters. The fourth-order valence-corrected chi connectivity index (χ4v) is 3.82. The SMILES string of the molecule is CCOCCn1c(=NC(=O)c2ccc(C)c([N+](=O)[O-])c2)sc2cc(F)ccc21. The zero-order chi connectivity index (χ0) is 20.3. The quantitative estimate of drug-likeness (QED) is 0.355. The molecule has 0 spiro atoms. The van der Waals surface area contributed by atoms with E-state index in [9.17, 15) is 19.3 Å². The molecule has 2 aromatic carbocycles. The number of nitrogens with zero attached hydrogens (tertiary/aromatic N) is 3. The molecule has 1 aromatic heterocycles. The lowest BCUT2D eigenvalue weighted by Gasteiger charge is -2.05. The summed E-state index contributed by atoms with van der Waals surface area (Å²) in [5.74, 6) is -0.974. The molecule has 0 fully saturated rings. The van der Waals surface area contributed by atoms with Crippen molar-refractivity contribution in [2.75, 3.05) is 13.2 Å². The lowest BCUT2D eigenvalue weighted by molar-refractivity contribution is -0.385. The molecule has 0 bridgehead atoms. The summed E-state index contributed by atoms with van der Waals surface area (Å²) in [5, 5.41) is 11.1. The van der Waals surface area contributed by atoms with Crippen LogP contribution < -0.4 is 4.80 Å². The maximum atomic E-state index is 13.6. The van der Waals surface area contributed by atoms with E-state index < -0.39 is 10.8 Å². The Kier molecular flexibility index (Phi) is 5.96. The van der Waals surface area contributed by atoms with Crippen LogP contribution in [0.15, 0.2) is 41.4 Å². The van der Waals surface area contributed by atoms with Gasteiger partial charge >= 0.3 is 0 Å². The molecule has 1 heterocycles. The number of amides is 1. The van der Waals surface area contributed by atoms with E-state index in [0.717, 1.165) is 5.52 Å². The predicted molar refractivity (Wildman–Crippen MR) is 104 cm³/mol. The van der Waals surface area contributed by atoms with Crippen LogP contribution >= 0.6 is 11.3 Å². The smallest absolute Gasteiger partial charge is 0.279 e. The van der Waals surface area contributed by atoms with Crippen molar-refractivity contribution in [2.45, 2.75) is 20.4 Å². The van der Waals surface area contributed by atoms with E-state index >= 15 is 0 Å². The first-order valence-corrected chi connectivity index (χ1v) is 9.43. The second kappa shape index (κ2) is 8.41. The second-order valence-electron chi connectivity index (χ2n) is 6.02. The molecule has 7 nitrogen and oxygen atoms in total. The highest BCUT2D eigenvalue weighted by molar-refractivity contribution is 7.16. The topological polar surface area (TPSA) is 86.7 Å². The van der Waals surface area contributed by atoms with Crippen LogP contribution in [0.3, 0.4) is 0 Å². The summed E-state index contributed by atoms with van der Waals surface area (Å²) in [6, 6.07) is 8.61. The van der Waals surface area contributed by atoms with Gasteiger partial charge in [-0.15, -0.1) is 0 Å². The van der Waals surface area contributed by atoms with Crippen LogP contribution in [0.5, 0.6) is 0 Å². The van der Waals surface area contributed by atoms with E-state index in [4.69, 9.17) is 4.74 Å². The first kappa shape index (κ1) is 19.8. The minimum atomic E-state index is -0.597. The van der Waals surface area contributed by atoms with E-state index in [-0.39, 0.29) is 17.1 Å². The lowest BCUT2D eigenvalue weighted by Crippen LogP contribution is -2.19. The maximum absolute atomic E-state index is 13.6. The molecule has 0 saturated carbocycles. The number of fused-ring (bicyclic) bond motifs is 1. The molecule has 28 heavy (non-hydrogen) atoms. The fraction of sp³-hybridized carbons (Fsp3) is 0.263. The molecule has 146 valence electrons. The molecule has 0 saturated heterocycles. The van der Waals surface area contributed by atoms with Gasteiger partial charge in [-0.25, -0.2) is 4.39 Å². The summed E-state index contributed by atoms with van der Waals surface area (Å²) >= 11 is 1.18. The molecule has 0 aliphatic rings. The van der Waals surface area contributed by atoms with Crippen LogP contribution in [0.2, 0.25) is 0 Å². The summed E-state index contributed by atoms with van der Waals surface area (Å²) in [7, 11) is 0. The summed E-state index contributed by atoms with van der Waals surface area (Å²) in [6.45, 7) is 4.89. The third kappa shape index (κ3) is 4.15. The zero-order valence-corrected chi connectivity index (χ0v) is 16.2. The van der Waals surface area contributed by atoms with Crippen molar-refractivity contribution in [3.05, 3.63) is 68.3 Å². The normalized spacial score (nSPS) is 11.9. The van der Waals surface area contributed by atoms with Gasteiger partial charge in [0, 0.05) is 30.3 Å². The van der Waals surface area contributed by atoms with Gasteiger partial charge in [0.05, 0.1) is 21.7 Å². The average molecular weight is 403 g/mol. The Morgan fingerprint density at radius 3 is 2.82 bits per heavy atom. The number of thiazole rings is 1. The highest BCUT2D eigenvalue weighted by Crippen LogP contribution is 2.21. The minimum absolute atomic E-state index is 0.122. The van der Waals surface area contributed by atoms with Crippen molar-refractivity contribution >= 4 is 33.1 Å². The number of halogens is 1. The van der Waals surface area contributed by atoms with Gasteiger partial charge in [-0.3, -0.25) is 14.9 Å². The predicted octanol–water partition coefficient (Wildman–Crippen LogP) is 3.84. The number of carbonyl (C=O) groups is 1. The van der Waals surface area contributed by atoms with Crippen LogP contribution in [-0.4, -0.2) is 28.6 Å². The number of aromatic nitrogens is 1. The van der Waals surface area contributed by atoms with Gasteiger partial charge in [-0.05, 0) is 38.1 Å². The van der Waals surface area contributed by atoms with Gasteiger partial charge in [0.25, 0.3) is 11.6 Å². The second-order valence-corrected chi connectivity index (χ2v) is 7.03. The van der Waals surface area contributed by atoms with Gasteiger partial charge in [0.1, 0.15) is 5.82 Å². The van der Waals surface area contributed by atoms with Crippen molar-refractivity contribution in [1.29, 1.82) is 0 Å². The van der Waals surface area contributed by atoms with E-state index in [1.807, 2.05) is 6.92 Å². The Labute approximate surface area is 163 Å². The van der Waals surface area contributed by atoms with E-state index in [2.05, 4.69) is 4.99 Å². The van der Waals surface area contributed by atoms with Crippen molar-refractivity contribution in [1.82, 2.24) is 4.57 Å². The fourth-order valence-electron chi connectivity index (χ4n) is 2.74. The first-order chi connectivity index (χ1) is 13.4. The average Bonchev–Trinajstić information content (AvgIpc) is 2.98. The molecule has 0 aliphatic carbocycles. The summed E-state index contributed by atoms with van der Waals surface area (Å²) in [5.41, 5.74) is 1.19. The third-order valence-electron chi connectivity index (χ3n) is 4.16. The number of aryl methyl sites for hydroxylation is 1. The van der Waals surface area contributed by atoms with Crippen molar-refractivity contribution in [3.8, 4) is 0 Å². The number of rotatable bonds is 6. The van der Waals surface area contributed by atoms with E-state index in [0.29, 0.717) is 34.8 Å². The molecule has 0 aliphatic heterocycles. The highest BCUT2D eigenvalue weighted by atomic mass is 32.1. The monoisotopic (exact) mass is 403 g/mol. The van der Waals surface area contributed by atoms with Crippen LogP contribution in [0, 0.1) is 22.9 Å². The number of hydrogen-bond donors (Lipinski definition) is 0. The van der Waals surface area contributed by atoms with Gasteiger partial charge in [-0.1, -0.05) is 17.4 Å². The number of benzene rings is 2. The number of nitro benzene ring substituents is 1. The molecule has 0 atom stereocenters. The van der Waals surface area contributed by atoms with Crippen LogP contribution in [0.25, 0.3) is 10.2 Å². The van der Waals surface area contributed by atoms with Crippen molar-refractivity contribution in [3.63, 3.8) is 0 Å². The van der Waals surface area contributed by atoms with Crippen molar-refractivity contribution < 1.29 is 18.8 Å². The third-order valence-corrected chi connectivity index (χ3v) is 5.20. The van der Waals surface area contributed by atoms with Gasteiger partial charge in [0.2, 0.25) is 0 Å². The molecule has 0 radical (unpaired) electrons. The number of hydrogen-bond acceptors (Lipinski definition) is 5. The molecular formula is C19H18FN3O4S. The number of ether oxygens (including phenoxy) is 1. The summed E-state index contributed by atoms with van der Waals surface area (Å²) < 4.78 is 21.4. The van der Waals surface area contributed by atoms with E-state index in [1.54, 1.807) is 17.6 Å². The molecule has 1 amide bonds. The molecule has 3 aromatic rings. The standard InChI is InChI=1S/C19H18FN3O4S/c1-3-27-9-8-22-15-7-6-14(20)11-17(15)28-19(22)21-18(24)13-5-4-12(2)16(10-13)23(25)26/h4-7,10-11H,3,8-9H2,1-2H3. The molecule has 0 N–H and O–H groups in total. The largest absolute Gasteiger partial charge is 0.380 e. The maximum Gasteiger partial charge on any atom is 0.279 e. The van der Waals surface area contributed by atoms with Crippen molar-refractivity contribution in [2.24, 2.45) is 4.99 Å². The van der Waals surface area contributed by atoms with Crippen LogP contribution in [-0.2, 0) is 11.3 Å². The Hall–Kier alpha value is -2.91. The lowest BCUT2D eigenvalue weighted by atomic mass is 10.1. The molecule has 3 rings (SSSR count). The van der Waals surface area contributed by atoms with Crippen LogP contribution in [0.4, 0.5) is 10.1 Å². The number of carbonyl (C=O) groups excluding carboxylic acids is 1. The number of nitro groups is 1. The van der Waals surface area contributed by atoms with Crippen LogP contribution in [0.1, 0.15) is 22.8 Å². The van der Waals surface area contributed by atoms with Gasteiger partial charge in [-0.2, -0.15) is 4.99 Å². The zero-order valence-electron chi connectivity index (χ0n) is 15.3. The first-order valence-electron chi connectivity index (χ1n) is 8.61. The Balaban J connectivity index is 2.07. The summed E-state index contributed by atoms with van der Waals surface area (Å²) in [6.07, 6.45) is 0. The molecule has 9 heteroatoms. The Morgan fingerprint density at radius 1 is 1.32 bits per heavy atom. The highest BCUT2D eigenvalue weighted by Gasteiger charge is 2.15. The van der Waals surface area contributed by atoms with Gasteiger partial charge in [0.15, 0.2) is 4.80 Å². The van der Waals surface area contributed by atoms with E-state index in [1.165, 1.54) is 41.7 Å². The Morgan fingerprint density at radius 2 is 2.11 bits per heavy atom. The minimum Gasteiger partial charge on any atom is -0.380 e. The molecular weight excluding hydrogens is 385 g/mol. The van der Waals surface area contributed by atoms with Gasteiger partial charge < -0.3 is 9.30 Å². The summed E-state index contributed by atoms with van der Waals surface area (Å²) in [4.78, 5) is 27.7.